The van der Waals surface area contributed by atoms with Crippen LogP contribution in [0.2, 0.25) is 0 Å². The molecule has 0 saturated heterocycles. The van der Waals surface area contributed by atoms with Crippen LogP contribution in [-0.2, 0) is 5.41 Å². The lowest BCUT2D eigenvalue weighted by atomic mass is 9.87. The largest absolute Gasteiger partial charge is 0.454 e. The first-order chi connectivity index (χ1) is 9.77. The zero-order chi connectivity index (χ0) is 15.6. The van der Waals surface area contributed by atoms with Gasteiger partial charge < -0.3 is 15.5 Å². The predicted octanol–water partition coefficient (Wildman–Crippen LogP) is 3.85. The number of benzene rings is 1. The molecule has 1 amide bonds. The third-order valence-electron chi connectivity index (χ3n) is 3.31. The van der Waals surface area contributed by atoms with E-state index in [0.29, 0.717) is 5.76 Å². The molecule has 1 aromatic heterocycles. The van der Waals surface area contributed by atoms with Gasteiger partial charge in [-0.3, -0.25) is 4.79 Å². The van der Waals surface area contributed by atoms with E-state index in [9.17, 15) is 4.79 Å². The zero-order valence-electron chi connectivity index (χ0n) is 12.9. The molecule has 3 N–H and O–H groups in total. The standard InChI is InChI=1S/C17H22N2O2/c1-11(18)14-9-10-15(21-14)16(20)19-13-7-5-12(6-8-13)17(2,3)4/h5-11H,18H2,1-4H3,(H,19,20). The highest BCUT2D eigenvalue weighted by Gasteiger charge is 2.15. The van der Waals surface area contributed by atoms with Crippen molar-refractivity contribution in [2.45, 2.75) is 39.2 Å². The molecule has 2 aromatic rings. The van der Waals surface area contributed by atoms with Crippen molar-refractivity contribution in [1.29, 1.82) is 0 Å². The number of nitrogens with one attached hydrogen (secondary N) is 1. The Bertz CT molecular complexity index is 619. The van der Waals surface area contributed by atoms with Gasteiger partial charge >= 0.3 is 0 Å². The number of rotatable bonds is 3. The van der Waals surface area contributed by atoms with Crippen molar-refractivity contribution in [1.82, 2.24) is 0 Å². The van der Waals surface area contributed by atoms with Crippen LogP contribution in [0.15, 0.2) is 40.8 Å². The SMILES string of the molecule is CC(N)c1ccc(C(=O)Nc2ccc(C(C)(C)C)cc2)o1. The van der Waals surface area contributed by atoms with Crippen molar-refractivity contribution >= 4 is 11.6 Å². The summed E-state index contributed by atoms with van der Waals surface area (Å²) < 4.78 is 5.42. The summed E-state index contributed by atoms with van der Waals surface area (Å²) in [5.74, 6) is 0.593. The second-order valence-corrected chi connectivity index (χ2v) is 6.27. The fraction of sp³-hybridized carbons (Fsp3) is 0.353. The van der Waals surface area contributed by atoms with Crippen LogP contribution in [0.25, 0.3) is 0 Å². The third kappa shape index (κ3) is 3.73. The summed E-state index contributed by atoms with van der Waals surface area (Å²) in [5.41, 5.74) is 7.77. The average molecular weight is 286 g/mol. The highest BCUT2D eigenvalue weighted by atomic mass is 16.4. The number of anilines is 1. The maximum Gasteiger partial charge on any atom is 0.291 e. The Labute approximate surface area is 125 Å². The van der Waals surface area contributed by atoms with Crippen LogP contribution >= 0.6 is 0 Å². The summed E-state index contributed by atoms with van der Waals surface area (Å²) in [7, 11) is 0. The van der Waals surface area contributed by atoms with Crippen molar-refractivity contribution in [2.75, 3.05) is 5.32 Å². The molecule has 2 rings (SSSR count). The van der Waals surface area contributed by atoms with Gasteiger partial charge in [-0.2, -0.15) is 0 Å². The van der Waals surface area contributed by atoms with Crippen LogP contribution in [0.3, 0.4) is 0 Å². The maximum absolute atomic E-state index is 12.1. The summed E-state index contributed by atoms with van der Waals surface area (Å²) in [6, 6.07) is 11.0. The number of hydrogen-bond donors (Lipinski definition) is 2. The first kappa shape index (κ1) is 15.3. The first-order valence-corrected chi connectivity index (χ1v) is 7.04. The minimum atomic E-state index is -0.273. The van der Waals surface area contributed by atoms with Crippen LogP contribution in [0.4, 0.5) is 5.69 Å². The Morgan fingerprint density at radius 2 is 1.76 bits per heavy atom. The van der Waals surface area contributed by atoms with Crippen LogP contribution < -0.4 is 11.1 Å². The second kappa shape index (κ2) is 5.74. The maximum atomic E-state index is 12.1. The Hall–Kier alpha value is -2.07. The van der Waals surface area contributed by atoms with E-state index in [2.05, 4.69) is 26.1 Å². The van der Waals surface area contributed by atoms with Crippen molar-refractivity contribution in [3.8, 4) is 0 Å². The van der Waals surface area contributed by atoms with Gasteiger partial charge in [0.1, 0.15) is 5.76 Å². The Kier molecular flexibility index (Phi) is 4.19. The predicted molar refractivity (Wildman–Crippen MR) is 84.4 cm³/mol. The van der Waals surface area contributed by atoms with Gasteiger partial charge in [-0.1, -0.05) is 32.9 Å². The van der Waals surface area contributed by atoms with Crippen LogP contribution in [0.5, 0.6) is 0 Å². The molecule has 0 radical (unpaired) electrons. The van der Waals surface area contributed by atoms with Crippen molar-refractivity contribution in [3.05, 3.63) is 53.5 Å². The average Bonchev–Trinajstić information content (AvgIpc) is 2.88. The number of amides is 1. The van der Waals surface area contributed by atoms with E-state index >= 15 is 0 Å². The van der Waals surface area contributed by atoms with E-state index in [-0.39, 0.29) is 23.1 Å². The molecular formula is C17H22N2O2. The van der Waals surface area contributed by atoms with E-state index in [1.807, 2.05) is 31.2 Å². The fourth-order valence-corrected chi connectivity index (χ4v) is 1.97. The van der Waals surface area contributed by atoms with E-state index in [1.54, 1.807) is 12.1 Å². The summed E-state index contributed by atoms with van der Waals surface area (Å²) in [6.45, 7) is 8.27. The van der Waals surface area contributed by atoms with Crippen molar-refractivity contribution in [3.63, 3.8) is 0 Å². The highest BCUT2D eigenvalue weighted by molar-refractivity contribution is 6.02. The Morgan fingerprint density at radius 1 is 1.14 bits per heavy atom. The summed E-state index contributed by atoms with van der Waals surface area (Å²) in [5, 5.41) is 2.82. The van der Waals surface area contributed by atoms with Crippen LogP contribution in [0, 0.1) is 0 Å². The molecule has 1 aromatic carbocycles. The molecular weight excluding hydrogens is 264 g/mol. The lowest BCUT2D eigenvalue weighted by Crippen LogP contribution is -2.13. The minimum absolute atomic E-state index is 0.0930. The van der Waals surface area contributed by atoms with E-state index < -0.39 is 0 Å². The van der Waals surface area contributed by atoms with Gasteiger partial charge in [0.15, 0.2) is 5.76 Å². The third-order valence-corrected chi connectivity index (χ3v) is 3.31. The smallest absolute Gasteiger partial charge is 0.291 e. The molecule has 112 valence electrons. The minimum Gasteiger partial charge on any atom is -0.454 e. The van der Waals surface area contributed by atoms with Gasteiger partial charge in [-0.05, 0) is 42.2 Å². The molecule has 4 heteroatoms. The lowest BCUT2D eigenvalue weighted by molar-refractivity contribution is 0.0994. The summed E-state index contributed by atoms with van der Waals surface area (Å²) >= 11 is 0. The van der Waals surface area contributed by atoms with Gasteiger partial charge in [0.25, 0.3) is 5.91 Å². The molecule has 4 nitrogen and oxygen atoms in total. The van der Waals surface area contributed by atoms with Gasteiger partial charge in [-0.15, -0.1) is 0 Å². The molecule has 0 aliphatic carbocycles. The normalized spacial score (nSPS) is 13.0. The molecule has 1 atom stereocenters. The molecule has 1 heterocycles. The van der Waals surface area contributed by atoms with E-state index in [0.717, 1.165) is 5.69 Å². The molecule has 0 bridgehead atoms. The monoisotopic (exact) mass is 286 g/mol. The quantitative estimate of drug-likeness (QED) is 0.900. The molecule has 0 spiro atoms. The van der Waals surface area contributed by atoms with E-state index in [1.165, 1.54) is 5.56 Å². The Balaban J connectivity index is 2.08. The molecule has 0 fully saturated rings. The number of furan rings is 1. The lowest BCUT2D eigenvalue weighted by Gasteiger charge is -2.19. The number of hydrogen-bond acceptors (Lipinski definition) is 3. The molecule has 0 saturated carbocycles. The van der Waals surface area contributed by atoms with Gasteiger partial charge in [-0.25, -0.2) is 0 Å². The van der Waals surface area contributed by atoms with Gasteiger partial charge in [0, 0.05) is 5.69 Å². The number of nitrogens with two attached hydrogens (primary N) is 1. The summed E-state index contributed by atoms with van der Waals surface area (Å²) in [4.78, 5) is 12.1. The van der Waals surface area contributed by atoms with Crippen LogP contribution in [-0.4, -0.2) is 5.91 Å². The number of carbonyl (C=O) groups excluding carboxylic acids is 1. The number of carbonyl (C=O) groups is 1. The van der Waals surface area contributed by atoms with Crippen LogP contribution in [0.1, 0.15) is 55.6 Å². The fourth-order valence-electron chi connectivity index (χ4n) is 1.97. The molecule has 0 aliphatic heterocycles. The summed E-state index contributed by atoms with van der Waals surface area (Å²) in [6.07, 6.45) is 0. The molecule has 1 unspecified atom stereocenters. The first-order valence-electron chi connectivity index (χ1n) is 7.04. The van der Waals surface area contributed by atoms with Gasteiger partial charge in [0.2, 0.25) is 0 Å². The van der Waals surface area contributed by atoms with E-state index in [4.69, 9.17) is 10.2 Å². The molecule has 0 aliphatic rings. The van der Waals surface area contributed by atoms with Crippen molar-refractivity contribution in [2.24, 2.45) is 5.73 Å². The topological polar surface area (TPSA) is 68.3 Å². The Morgan fingerprint density at radius 3 is 2.24 bits per heavy atom. The molecule has 21 heavy (non-hydrogen) atoms. The van der Waals surface area contributed by atoms with Gasteiger partial charge in [0.05, 0.1) is 6.04 Å². The second-order valence-electron chi connectivity index (χ2n) is 6.27. The highest BCUT2D eigenvalue weighted by Crippen LogP contribution is 2.24. The zero-order valence-corrected chi connectivity index (χ0v) is 12.9. The van der Waals surface area contributed by atoms with Crippen molar-refractivity contribution < 1.29 is 9.21 Å².